The van der Waals surface area contributed by atoms with Crippen molar-refractivity contribution in [1.82, 2.24) is 5.01 Å². The Morgan fingerprint density at radius 2 is 2.03 bits per heavy atom. The average molecular weight is 534 g/mol. The van der Waals surface area contributed by atoms with Gasteiger partial charge in [0.25, 0.3) is 11.6 Å². The number of amides is 1. The molecule has 1 amide bonds. The highest BCUT2D eigenvalue weighted by Crippen LogP contribution is 2.36. The molecule has 2 aliphatic heterocycles. The molecule has 0 radical (unpaired) electrons. The number of furan rings is 1. The molecule has 1 N–H and O–H groups in total. The zero-order chi connectivity index (χ0) is 25.9. The van der Waals surface area contributed by atoms with Crippen molar-refractivity contribution in [1.29, 1.82) is 5.41 Å². The molecule has 3 heterocycles. The van der Waals surface area contributed by atoms with E-state index in [4.69, 9.17) is 14.6 Å². The highest BCUT2D eigenvalue weighted by molar-refractivity contribution is 8.45. The second-order valence-corrected chi connectivity index (χ2v) is 9.91. The molecule has 0 fully saturated rings. The van der Waals surface area contributed by atoms with Crippen molar-refractivity contribution >= 4 is 56.6 Å². The molecule has 186 valence electrons. The molecule has 2 aliphatic rings. The van der Waals surface area contributed by atoms with Crippen LogP contribution in [0.3, 0.4) is 0 Å². The normalized spacial score (nSPS) is 16.0. The molecule has 0 bridgehead atoms. The quantitative estimate of drug-likeness (QED) is 0.230. The van der Waals surface area contributed by atoms with Gasteiger partial charge in [0.2, 0.25) is 5.17 Å². The number of benzene rings is 2. The molecule has 0 saturated carbocycles. The van der Waals surface area contributed by atoms with Crippen LogP contribution in [0.1, 0.15) is 18.2 Å². The predicted molar refractivity (Wildman–Crippen MR) is 145 cm³/mol. The second kappa shape index (κ2) is 10.4. The van der Waals surface area contributed by atoms with Crippen LogP contribution in [-0.2, 0) is 10.5 Å². The van der Waals surface area contributed by atoms with E-state index in [0.717, 1.165) is 5.56 Å². The lowest BCUT2D eigenvalue weighted by Gasteiger charge is -2.19. The van der Waals surface area contributed by atoms with Crippen LogP contribution in [0.2, 0.25) is 0 Å². The van der Waals surface area contributed by atoms with E-state index >= 15 is 0 Å². The maximum atomic E-state index is 12.7. The van der Waals surface area contributed by atoms with Gasteiger partial charge in [0.05, 0.1) is 28.7 Å². The van der Waals surface area contributed by atoms with Gasteiger partial charge in [-0.05, 0) is 54.6 Å². The van der Waals surface area contributed by atoms with Gasteiger partial charge in [-0.3, -0.25) is 20.3 Å². The Kier molecular flexibility index (Phi) is 6.93. The van der Waals surface area contributed by atoms with Crippen molar-refractivity contribution in [3.8, 4) is 17.1 Å². The number of hydrogen-bond donors (Lipinski definition) is 1. The summed E-state index contributed by atoms with van der Waals surface area (Å²) in [6.45, 7) is 2.17. The third kappa shape index (κ3) is 5.20. The summed E-state index contributed by atoms with van der Waals surface area (Å²) in [6, 6.07) is 17.6. The number of nitro groups is 1. The molecule has 0 spiro atoms. The van der Waals surface area contributed by atoms with Crippen LogP contribution in [0, 0.1) is 15.5 Å². The lowest BCUT2D eigenvalue weighted by atomic mass is 10.1. The molecule has 0 aliphatic carbocycles. The van der Waals surface area contributed by atoms with E-state index in [1.807, 2.05) is 30.3 Å². The number of fused-ring (bicyclic) bond motifs is 1. The standard InChI is InChI=1S/C25H19N5O5S2/c1-2-34-16-8-10-18(20(13-16)30(32)33)21-11-9-17(35-21)12-19-22(26)29-24(27-23(19)31)37-25(28-29)36-14-15-6-4-3-5-7-15/h3-13,26H,2,14H2,1H3/b19-12+,26-22?. The van der Waals surface area contributed by atoms with Gasteiger partial charge in [0, 0.05) is 5.75 Å². The molecule has 0 atom stereocenters. The minimum atomic E-state index is -0.585. The van der Waals surface area contributed by atoms with E-state index in [1.54, 1.807) is 31.2 Å². The van der Waals surface area contributed by atoms with Gasteiger partial charge in [0.1, 0.15) is 17.3 Å². The number of thioether (sulfide) groups is 2. The Morgan fingerprint density at radius 3 is 2.78 bits per heavy atom. The molecular weight excluding hydrogens is 514 g/mol. The number of ether oxygens (including phenoxy) is 1. The van der Waals surface area contributed by atoms with Crippen molar-refractivity contribution in [3.63, 3.8) is 0 Å². The molecule has 3 aromatic rings. The summed E-state index contributed by atoms with van der Waals surface area (Å²) in [5.74, 6) is 0.868. The number of hydrazone groups is 1. The van der Waals surface area contributed by atoms with Crippen molar-refractivity contribution in [2.45, 2.75) is 12.7 Å². The highest BCUT2D eigenvalue weighted by atomic mass is 32.2. The molecule has 37 heavy (non-hydrogen) atoms. The molecule has 5 rings (SSSR count). The summed E-state index contributed by atoms with van der Waals surface area (Å²) in [5.41, 5.74) is 1.24. The molecular formula is C25H19N5O5S2. The van der Waals surface area contributed by atoms with Gasteiger partial charge in [-0.15, -0.1) is 5.10 Å². The molecule has 2 aromatic carbocycles. The highest BCUT2D eigenvalue weighted by Gasteiger charge is 2.36. The van der Waals surface area contributed by atoms with E-state index in [-0.39, 0.29) is 34.2 Å². The number of carbonyl (C=O) groups excluding carboxylic acids is 1. The number of carbonyl (C=O) groups is 1. The Morgan fingerprint density at radius 1 is 1.22 bits per heavy atom. The van der Waals surface area contributed by atoms with Crippen LogP contribution in [0.5, 0.6) is 5.75 Å². The van der Waals surface area contributed by atoms with Gasteiger partial charge in [-0.25, -0.2) is 0 Å². The van der Waals surface area contributed by atoms with E-state index in [0.29, 0.717) is 27.7 Å². The Bertz CT molecular complexity index is 1500. The topological polar surface area (TPSA) is 134 Å². The summed E-state index contributed by atoms with van der Waals surface area (Å²) in [6.07, 6.45) is 1.39. The van der Waals surface area contributed by atoms with E-state index in [2.05, 4.69) is 10.1 Å². The maximum absolute atomic E-state index is 12.7. The second-order valence-electron chi connectivity index (χ2n) is 7.73. The van der Waals surface area contributed by atoms with Crippen molar-refractivity contribution in [2.24, 2.45) is 10.1 Å². The fourth-order valence-electron chi connectivity index (χ4n) is 3.60. The van der Waals surface area contributed by atoms with Crippen LogP contribution >= 0.6 is 23.5 Å². The minimum Gasteiger partial charge on any atom is -0.494 e. The molecule has 0 saturated heterocycles. The fourth-order valence-corrected chi connectivity index (χ4v) is 5.48. The molecule has 0 unspecified atom stereocenters. The van der Waals surface area contributed by atoms with Crippen LogP contribution in [0.4, 0.5) is 5.69 Å². The number of nitrogens with one attached hydrogen (secondary N) is 1. The van der Waals surface area contributed by atoms with E-state index in [1.165, 1.54) is 40.7 Å². The van der Waals surface area contributed by atoms with Crippen molar-refractivity contribution in [2.75, 3.05) is 6.61 Å². The van der Waals surface area contributed by atoms with Crippen LogP contribution in [-0.4, -0.2) is 37.8 Å². The summed E-state index contributed by atoms with van der Waals surface area (Å²) in [5, 5.41) is 26.3. The molecule has 10 nitrogen and oxygen atoms in total. The van der Waals surface area contributed by atoms with Gasteiger partial charge in [0.15, 0.2) is 10.2 Å². The first kappa shape index (κ1) is 24.5. The first-order valence-electron chi connectivity index (χ1n) is 11.1. The zero-order valence-corrected chi connectivity index (χ0v) is 21.0. The largest absolute Gasteiger partial charge is 0.494 e. The van der Waals surface area contributed by atoms with Gasteiger partial charge >= 0.3 is 0 Å². The Balaban J connectivity index is 1.36. The molecule has 1 aromatic heterocycles. The third-order valence-electron chi connectivity index (χ3n) is 5.30. The van der Waals surface area contributed by atoms with Crippen molar-refractivity contribution in [3.05, 3.63) is 87.7 Å². The predicted octanol–water partition coefficient (Wildman–Crippen LogP) is 5.76. The van der Waals surface area contributed by atoms with Crippen LogP contribution in [0.25, 0.3) is 17.4 Å². The smallest absolute Gasteiger partial charge is 0.284 e. The van der Waals surface area contributed by atoms with E-state index in [9.17, 15) is 14.9 Å². The lowest BCUT2D eigenvalue weighted by molar-refractivity contribution is -0.384. The van der Waals surface area contributed by atoms with Crippen LogP contribution < -0.4 is 4.74 Å². The number of nitrogens with zero attached hydrogens (tertiary/aromatic N) is 4. The number of amidine groups is 2. The SMILES string of the molecule is CCOc1ccc(-c2ccc(/C=C3\C(=N)N4N=C(SCc5ccccc5)SC4=NC3=O)o2)c([N+](=O)[O-])c1. The average Bonchev–Trinajstić information content (AvgIpc) is 3.53. The minimum absolute atomic E-state index is 0.00417. The summed E-state index contributed by atoms with van der Waals surface area (Å²) >= 11 is 2.74. The van der Waals surface area contributed by atoms with Gasteiger partial charge in [-0.2, -0.15) is 10.0 Å². The van der Waals surface area contributed by atoms with E-state index < -0.39 is 10.8 Å². The number of aliphatic imine (C=N–C) groups is 1. The number of nitro benzene ring substituents is 1. The Hall–Kier alpha value is -4.16. The first-order chi connectivity index (χ1) is 17.9. The van der Waals surface area contributed by atoms with Crippen molar-refractivity contribution < 1.29 is 18.9 Å². The fraction of sp³-hybridized carbons (Fsp3) is 0.120. The third-order valence-corrected chi connectivity index (χ3v) is 7.41. The number of rotatable bonds is 7. The number of hydrogen-bond acceptors (Lipinski definition) is 9. The zero-order valence-electron chi connectivity index (χ0n) is 19.4. The van der Waals surface area contributed by atoms with Crippen LogP contribution in [0.15, 0.2) is 80.7 Å². The first-order valence-corrected chi connectivity index (χ1v) is 12.9. The van der Waals surface area contributed by atoms with Gasteiger partial charge < -0.3 is 9.15 Å². The van der Waals surface area contributed by atoms with Gasteiger partial charge in [-0.1, -0.05) is 42.1 Å². The summed E-state index contributed by atoms with van der Waals surface area (Å²) < 4.78 is 11.8. The maximum Gasteiger partial charge on any atom is 0.284 e. The lowest BCUT2D eigenvalue weighted by Crippen LogP contribution is -2.35. The molecule has 12 heteroatoms. The summed E-state index contributed by atoms with van der Waals surface area (Å²) in [4.78, 5) is 27.9. The monoisotopic (exact) mass is 533 g/mol. The Labute approximate surface area is 219 Å². The summed E-state index contributed by atoms with van der Waals surface area (Å²) in [7, 11) is 0.